The number of aryl methyl sites for hydroxylation is 1. The lowest BCUT2D eigenvalue weighted by atomic mass is 9.96. The number of nitrogens with zero attached hydrogens (tertiary/aromatic N) is 1. The number of nitrogens with one attached hydrogen (secondary N) is 1. The summed E-state index contributed by atoms with van der Waals surface area (Å²) in [6.07, 6.45) is 1.92. The molecule has 5 heteroatoms. The van der Waals surface area contributed by atoms with Crippen molar-refractivity contribution >= 4 is 22.0 Å². The van der Waals surface area contributed by atoms with E-state index in [0.29, 0.717) is 12.5 Å². The topological polar surface area (TPSA) is 41.6 Å². The maximum atomic E-state index is 11.7. The molecule has 0 unspecified atom stereocenters. The van der Waals surface area contributed by atoms with Gasteiger partial charge in [0.1, 0.15) is 5.60 Å². The average Bonchev–Trinajstić information content (AvgIpc) is 2.43. The van der Waals surface area contributed by atoms with Crippen molar-refractivity contribution in [3.8, 4) is 0 Å². The summed E-state index contributed by atoms with van der Waals surface area (Å²) in [6, 6.07) is 6.59. The normalized spacial score (nSPS) is 16.9. The Morgan fingerprint density at radius 1 is 1.29 bits per heavy atom. The fraction of sp³-hybridized carbons (Fsp3) is 0.632. The largest absolute Gasteiger partial charge is 0.444 e. The van der Waals surface area contributed by atoms with Gasteiger partial charge in [0.15, 0.2) is 0 Å². The Kier molecular flexibility index (Phi) is 6.70. The Hall–Kier alpha value is -1.07. The number of ether oxygens (including phenoxy) is 1. The van der Waals surface area contributed by atoms with E-state index in [4.69, 9.17) is 4.74 Å². The molecule has 4 nitrogen and oxygen atoms in total. The van der Waals surface area contributed by atoms with Gasteiger partial charge >= 0.3 is 6.09 Å². The molecule has 1 heterocycles. The van der Waals surface area contributed by atoms with Crippen LogP contribution in [0.3, 0.4) is 0 Å². The highest BCUT2D eigenvalue weighted by atomic mass is 79.9. The highest BCUT2D eigenvalue weighted by molar-refractivity contribution is 9.10. The van der Waals surface area contributed by atoms with Crippen molar-refractivity contribution in [2.75, 3.05) is 19.6 Å². The molecule has 0 saturated carbocycles. The monoisotopic (exact) mass is 396 g/mol. The Balaban J connectivity index is 1.72. The smallest absolute Gasteiger partial charge is 0.407 e. The first-order chi connectivity index (χ1) is 11.2. The fourth-order valence-corrected chi connectivity index (χ4v) is 3.71. The second-order valence-corrected chi connectivity index (χ2v) is 8.65. The standard InChI is InChI=1S/C19H29BrN2O2/c1-14-9-16(11-17(20)10-14)13-22-7-5-15(6-8-22)12-21-18(23)24-19(2,3)4/h9-11,15H,5-8,12-13H2,1-4H3,(H,21,23). The van der Waals surface area contributed by atoms with E-state index >= 15 is 0 Å². The molecule has 0 aliphatic carbocycles. The number of piperidine rings is 1. The predicted octanol–water partition coefficient (Wildman–Crippen LogP) is 4.49. The third-order valence-electron chi connectivity index (χ3n) is 4.15. The molecule has 1 amide bonds. The first-order valence-electron chi connectivity index (χ1n) is 8.66. The van der Waals surface area contributed by atoms with Crippen LogP contribution in [-0.2, 0) is 11.3 Å². The van der Waals surface area contributed by atoms with Crippen LogP contribution in [0.15, 0.2) is 22.7 Å². The highest BCUT2D eigenvalue weighted by Crippen LogP contribution is 2.21. The molecule has 0 aromatic heterocycles. The number of hydrogen-bond acceptors (Lipinski definition) is 3. The number of alkyl carbamates (subject to hydrolysis) is 1. The minimum atomic E-state index is -0.435. The lowest BCUT2D eigenvalue weighted by molar-refractivity contribution is 0.0509. The van der Waals surface area contributed by atoms with Gasteiger partial charge in [0.05, 0.1) is 0 Å². The molecule has 1 saturated heterocycles. The first kappa shape index (κ1) is 19.3. The van der Waals surface area contributed by atoms with Gasteiger partial charge in [-0.15, -0.1) is 0 Å². The van der Waals surface area contributed by atoms with Crippen molar-refractivity contribution in [3.05, 3.63) is 33.8 Å². The minimum absolute atomic E-state index is 0.311. The van der Waals surface area contributed by atoms with E-state index in [-0.39, 0.29) is 6.09 Å². The van der Waals surface area contributed by atoms with Crippen LogP contribution in [0.5, 0.6) is 0 Å². The van der Waals surface area contributed by atoms with Crippen LogP contribution in [0.1, 0.15) is 44.7 Å². The molecule has 2 rings (SSSR count). The molecular weight excluding hydrogens is 368 g/mol. The van der Waals surface area contributed by atoms with Gasteiger partial charge in [-0.25, -0.2) is 4.79 Å². The van der Waals surface area contributed by atoms with E-state index in [1.807, 2.05) is 20.8 Å². The molecule has 1 N–H and O–H groups in total. The van der Waals surface area contributed by atoms with E-state index in [2.05, 4.69) is 51.3 Å². The second kappa shape index (κ2) is 8.34. The molecule has 1 aliphatic heterocycles. The molecule has 0 atom stereocenters. The maximum absolute atomic E-state index is 11.7. The van der Waals surface area contributed by atoms with Gasteiger partial charge in [0.25, 0.3) is 0 Å². The van der Waals surface area contributed by atoms with Crippen molar-refractivity contribution < 1.29 is 9.53 Å². The van der Waals surface area contributed by atoms with Crippen molar-refractivity contribution in [3.63, 3.8) is 0 Å². The molecule has 1 fully saturated rings. The van der Waals surface area contributed by atoms with Crippen LogP contribution in [-0.4, -0.2) is 36.2 Å². The van der Waals surface area contributed by atoms with Crippen LogP contribution < -0.4 is 5.32 Å². The Bertz CT molecular complexity index is 541. The average molecular weight is 397 g/mol. The third-order valence-corrected chi connectivity index (χ3v) is 4.61. The Morgan fingerprint density at radius 3 is 2.54 bits per heavy atom. The zero-order valence-corrected chi connectivity index (χ0v) is 16.8. The van der Waals surface area contributed by atoms with Gasteiger partial charge in [0.2, 0.25) is 0 Å². The van der Waals surface area contributed by atoms with E-state index in [1.54, 1.807) is 0 Å². The lowest BCUT2D eigenvalue weighted by Gasteiger charge is -2.32. The van der Waals surface area contributed by atoms with Gasteiger partial charge < -0.3 is 10.1 Å². The van der Waals surface area contributed by atoms with Crippen LogP contribution >= 0.6 is 15.9 Å². The molecule has 1 aromatic rings. The maximum Gasteiger partial charge on any atom is 0.407 e. The Morgan fingerprint density at radius 2 is 1.96 bits per heavy atom. The van der Waals surface area contributed by atoms with Gasteiger partial charge in [0, 0.05) is 17.6 Å². The molecule has 0 bridgehead atoms. The summed E-state index contributed by atoms with van der Waals surface area (Å²) in [5.74, 6) is 0.540. The highest BCUT2D eigenvalue weighted by Gasteiger charge is 2.21. The van der Waals surface area contributed by atoms with Gasteiger partial charge in [-0.3, -0.25) is 4.90 Å². The zero-order valence-electron chi connectivity index (χ0n) is 15.2. The second-order valence-electron chi connectivity index (χ2n) is 7.74. The SMILES string of the molecule is Cc1cc(Br)cc(CN2CCC(CNC(=O)OC(C)(C)C)CC2)c1. The molecular formula is C19H29BrN2O2. The van der Waals surface area contributed by atoms with E-state index in [0.717, 1.165) is 36.9 Å². The summed E-state index contributed by atoms with van der Waals surface area (Å²) >= 11 is 3.57. The number of halogens is 1. The van der Waals surface area contributed by atoms with Crippen LogP contribution in [0.4, 0.5) is 4.79 Å². The number of amides is 1. The Labute approximate surface area is 154 Å². The van der Waals surface area contributed by atoms with E-state index in [1.165, 1.54) is 11.1 Å². The van der Waals surface area contributed by atoms with Gasteiger partial charge in [-0.1, -0.05) is 22.0 Å². The molecule has 1 aliphatic rings. The van der Waals surface area contributed by atoms with Crippen LogP contribution in [0, 0.1) is 12.8 Å². The summed E-state index contributed by atoms with van der Waals surface area (Å²) < 4.78 is 6.43. The van der Waals surface area contributed by atoms with Crippen LogP contribution in [0.25, 0.3) is 0 Å². The van der Waals surface area contributed by atoms with Crippen molar-refractivity contribution in [2.45, 2.75) is 52.7 Å². The zero-order chi connectivity index (χ0) is 17.7. The molecule has 0 radical (unpaired) electrons. The lowest BCUT2D eigenvalue weighted by Crippen LogP contribution is -2.40. The number of likely N-dealkylation sites (tertiary alicyclic amines) is 1. The van der Waals surface area contributed by atoms with E-state index in [9.17, 15) is 4.79 Å². The fourth-order valence-electron chi connectivity index (χ4n) is 3.05. The van der Waals surface area contributed by atoms with Gasteiger partial charge in [-0.05, 0) is 82.8 Å². The molecule has 1 aromatic carbocycles. The van der Waals surface area contributed by atoms with Crippen molar-refractivity contribution in [1.29, 1.82) is 0 Å². The number of carbonyl (C=O) groups excluding carboxylic acids is 1. The minimum Gasteiger partial charge on any atom is -0.444 e. The van der Waals surface area contributed by atoms with Crippen molar-refractivity contribution in [1.82, 2.24) is 10.2 Å². The number of benzene rings is 1. The van der Waals surface area contributed by atoms with Gasteiger partial charge in [-0.2, -0.15) is 0 Å². The predicted molar refractivity (Wildman–Crippen MR) is 101 cm³/mol. The number of hydrogen-bond donors (Lipinski definition) is 1. The number of carbonyl (C=O) groups is 1. The number of rotatable bonds is 4. The third kappa shape index (κ3) is 6.81. The van der Waals surface area contributed by atoms with Crippen LogP contribution in [0.2, 0.25) is 0 Å². The first-order valence-corrected chi connectivity index (χ1v) is 9.46. The quantitative estimate of drug-likeness (QED) is 0.814. The summed E-state index contributed by atoms with van der Waals surface area (Å²) in [7, 11) is 0. The summed E-state index contributed by atoms with van der Waals surface area (Å²) in [6.45, 7) is 11.6. The molecule has 134 valence electrons. The summed E-state index contributed by atoms with van der Waals surface area (Å²) in [5, 5.41) is 2.90. The molecule has 24 heavy (non-hydrogen) atoms. The molecule has 0 spiro atoms. The van der Waals surface area contributed by atoms with Crippen molar-refractivity contribution in [2.24, 2.45) is 5.92 Å². The summed E-state index contributed by atoms with van der Waals surface area (Å²) in [4.78, 5) is 14.2. The summed E-state index contributed by atoms with van der Waals surface area (Å²) in [5.41, 5.74) is 2.21. The van der Waals surface area contributed by atoms with E-state index < -0.39 is 5.60 Å².